The first-order valence-electron chi connectivity index (χ1n) is 16.6. The van der Waals surface area contributed by atoms with Gasteiger partial charge in [-0.3, -0.25) is 14.4 Å². The molecule has 0 heterocycles. The maximum absolute atomic E-state index is 13.5. The van der Waals surface area contributed by atoms with Gasteiger partial charge in [-0.05, 0) is 77.9 Å². The number of hydrogen-bond donors (Lipinski definition) is 5. The number of nitrogens with two attached hydrogens (primary N) is 1. The third-order valence-corrected chi connectivity index (χ3v) is 8.44. The van der Waals surface area contributed by atoms with Crippen LogP contribution in [0.15, 0.2) is 78.9 Å². The lowest BCUT2D eigenvalue weighted by Gasteiger charge is -2.23. The number of carbonyl (C=O) groups is 3. The molecule has 3 amide bonds. The van der Waals surface area contributed by atoms with Crippen LogP contribution in [0, 0.1) is 5.92 Å². The van der Waals surface area contributed by atoms with Crippen molar-refractivity contribution in [3.8, 4) is 11.5 Å². The predicted octanol–water partition coefficient (Wildman–Crippen LogP) is 5.68. The zero-order valence-electron chi connectivity index (χ0n) is 27.1. The highest BCUT2D eigenvalue weighted by atomic mass is 16.5. The van der Waals surface area contributed by atoms with E-state index in [1.807, 2.05) is 12.1 Å². The number of rotatable bonds is 15. The van der Waals surface area contributed by atoms with E-state index in [0.29, 0.717) is 48.2 Å². The maximum atomic E-state index is 13.5. The first-order valence-corrected chi connectivity index (χ1v) is 16.6. The summed E-state index contributed by atoms with van der Waals surface area (Å²) >= 11 is 0. The smallest absolute Gasteiger partial charge is 0.255 e. The van der Waals surface area contributed by atoms with Crippen LogP contribution < -0.4 is 31.2 Å². The normalized spacial score (nSPS) is 13.1. The second kappa shape index (κ2) is 17.3. The standard InChI is InChI=1S/C38H44N4O6/c39-18-16-36(44)41-32-14-13-31(24-34(32)47-21-20-43)38(46)42-33-15-12-30(23-35(33)48-25-27-6-2-1-3-7-27)37(45)40-19-17-26-10-11-28-8-4-5-9-29(28)22-26/h4-5,8-15,22-24,27,43H,1-3,6-7,16-21,25,39H2,(H,40,45)(H,41,44)(H,42,46). The summed E-state index contributed by atoms with van der Waals surface area (Å²) in [4.78, 5) is 38.8. The number of aliphatic hydroxyl groups is 1. The van der Waals surface area contributed by atoms with Crippen molar-refractivity contribution in [2.24, 2.45) is 11.7 Å². The average Bonchev–Trinajstić information content (AvgIpc) is 3.11. The molecule has 0 unspecified atom stereocenters. The number of hydrogen-bond acceptors (Lipinski definition) is 7. The molecule has 48 heavy (non-hydrogen) atoms. The van der Waals surface area contributed by atoms with E-state index in [2.05, 4.69) is 46.3 Å². The van der Waals surface area contributed by atoms with Gasteiger partial charge in [-0.25, -0.2) is 0 Å². The van der Waals surface area contributed by atoms with Crippen molar-refractivity contribution in [3.63, 3.8) is 0 Å². The molecule has 0 saturated heterocycles. The molecule has 0 radical (unpaired) electrons. The third-order valence-electron chi connectivity index (χ3n) is 8.44. The Morgan fingerprint density at radius 1 is 0.771 bits per heavy atom. The SMILES string of the molecule is NCCC(=O)Nc1ccc(C(=O)Nc2ccc(C(=O)NCCc3ccc4ccccc4c3)cc2OCC2CCCCC2)cc1OCCO. The van der Waals surface area contributed by atoms with Crippen molar-refractivity contribution < 1.29 is 29.0 Å². The van der Waals surface area contributed by atoms with Gasteiger partial charge in [-0.1, -0.05) is 61.7 Å². The van der Waals surface area contributed by atoms with Gasteiger partial charge in [0, 0.05) is 30.6 Å². The molecular formula is C38H44N4O6. The number of amides is 3. The Bertz CT molecular complexity index is 1720. The van der Waals surface area contributed by atoms with Gasteiger partial charge < -0.3 is 36.3 Å². The van der Waals surface area contributed by atoms with Crippen LogP contribution in [0.1, 0.15) is 64.8 Å². The zero-order chi connectivity index (χ0) is 33.7. The molecule has 4 aromatic rings. The molecule has 0 bridgehead atoms. The molecule has 0 spiro atoms. The number of nitrogens with one attached hydrogen (secondary N) is 3. The van der Waals surface area contributed by atoms with Gasteiger partial charge >= 0.3 is 0 Å². The van der Waals surface area contributed by atoms with Crippen LogP contribution in [0.25, 0.3) is 10.8 Å². The molecule has 1 fully saturated rings. The van der Waals surface area contributed by atoms with E-state index in [-0.39, 0.29) is 49.3 Å². The van der Waals surface area contributed by atoms with Crippen molar-refractivity contribution >= 4 is 39.9 Å². The highest BCUT2D eigenvalue weighted by molar-refractivity contribution is 6.06. The molecule has 0 atom stereocenters. The van der Waals surface area contributed by atoms with E-state index in [9.17, 15) is 19.5 Å². The number of ether oxygens (including phenoxy) is 2. The summed E-state index contributed by atoms with van der Waals surface area (Å²) in [6.07, 6.45) is 6.55. The fourth-order valence-electron chi connectivity index (χ4n) is 5.84. The lowest BCUT2D eigenvalue weighted by atomic mass is 9.90. The Kier molecular flexibility index (Phi) is 12.4. The van der Waals surface area contributed by atoms with Gasteiger partial charge in [-0.15, -0.1) is 0 Å². The second-order valence-corrected chi connectivity index (χ2v) is 12.0. The molecule has 0 aromatic heterocycles. The second-order valence-electron chi connectivity index (χ2n) is 12.0. The molecule has 0 aliphatic heterocycles. The molecular weight excluding hydrogens is 608 g/mol. The Labute approximate surface area is 281 Å². The van der Waals surface area contributed by atoms with Crippen LogP contribution in [0.4, 0.5) is 11.4 Å². The minimum atomic E-state index is -0.432. The van der Waals surface area contributed by atoms with Crippen molar-refractivity contribution in [1.82, 2.24) is 5.32 Å². The summed E-state index contributed by atoms with van der Waals surface area (Å²) in [6, 6.07) is 24.2. The molecule has 10 heteroatoms. The first kappa shape index (κ1) is 34.4. The summed E-state index contributed by atoms with van der Waals surface area (Å²) in [5, 5.41) is 20.3. The Balaban J connectivity index is 1.29. The predicted molar refractivity (Wildman–Crippen MR) is 188 cm³/mol. The summed E-state index contributed by atoms with van der Waals surface area (Å²) in [5.74, 6) is 0.120. The van der Waals surface area contributed by atoms with Gasteiger partial charge in [0.2, 0.25) is 5.91 Å². The van der Waals surface area contributed by atoms with E-state index in [0.717, 1.165) is 23.8 Å². The Morgan fingerprint density at radius 2 is 1.46 bits per heavy atom. The molecule has 1 saturated carbocycles. The highest BCUT2D eigenvalue weighted by Crippen LogP contribution is 2.31. The minimum Gasteiger partial charge on any atom is -0.491 e. The lowest BCUT2D eigenvalue weighted by Crippen LogP contribution is -2.26. The molecule has 1 aliphatic rings. The molecule has 4 aromatic carbocycles. The highest BCUT2D eigenvalue weighted by Gasteiger charge is 2.19. The van der Waals surface area contributed by atoms with Gasteiger partial charge in [0.25, 0.3) is 11.8 Å². The van der Waals surface area contributed by atoms with E-state index in [1.54, 1.807) is 30.3 Å². The number of aliphatic hydroxyl groups excluding tert-OH is 1. The number of carbonyl (C=O) groups excluding carboxylic acids is 3. The van der Waals surface area contributed by atoms with E-state index < -0.39 is 5.91 Å². The van der Waals surface area contributed by atoms with Gasteiger partial charge in [-0.2, -0.15) is 0 Å². The molecule has 5 rings (SSSR count). The summed E-state index contributed by atoms with van der Waals surface area (Å²) < 4.78 is 11.9. The summed E-state index contributed by atoms with van der Waals surface area (Å²) in [6.45, 7) is 0.896. The van der Waals surface area contributed by atoms with Crippen molar-refractivity contribution in [2.45, 2.75) is 44.9 Å². The average molecular weight is 653 g/mol. The Hall–Kier alpha value is -4.93. The minimum absolute atomic E-state index is 0.0181. The monoisotopic (exact) mass is 652 g/mol. The molecule has 252 valence electrons. The number of fused-ring (bicyclic) bond motifs is 1. The van der Waals surface area contributed by atoms with E-state index >= 15 is 0 Å². The van der Waals surface area contributed by atoms with Gasteiger partial charge in [0.15, 0.2) is 0 Å². The molecule has 6 N–H and O–H groups in total. The van der Waals surface area contributed by atoms with Crippen LogP contribution >= 0.6 is 0 Å². The van der Waals surface area contributed by atoms with Crippen LogP contribution in [0.2, 0.25) is 0 Å². The Morgan fingerprint density at radius 3 is 2.19 bits per heavy atom. The lowest BCUT2D eigenvalue weighted by molar-refractivity contribution is -0.116. The number of anilines is 2. The van der Waals surface area contributed by atoms with Crippen LogP contribution in [-0.4, -0.2) is 55.7 Å². The number of benzene rings is 4. The summed E-state index contributed by atoms with van der Waals surface area (Å²) in [7, 11) is 0. The third kappa shape index (κ3) is 9.56. The largest absolute Gasteiger partial charge is 0.491 e. The van der Waals surface area contributed by atoms with Crippen LogP contribution in [-0.2, 0) is 11.2 Å². The maximum Gasteiger partial charge on any atom is 0.255 e. The first-order chi connectivity index (χ1) is 23.4. The summed E-state index contributed by atoms with van der Waals surface area (Å²) in [5.41, 5.74) is 8.13. The quantitative estimate of drug-likeness (QED) is 0.111. The fourth-order valence-corrected chi connectivity index (χ4v) is 5.84. The van der Waals surface area contributed by atoms with Crippen molar-refractivity contribution in [1.29, 1.82) is 0 Å². The van der Waals surface area contributed by atoms with Crippen LogP contribution in [0.3, 0.4) is 0 Å². The van der Waals surface area contributed by atoms with E-state index in [4.69, 9.17) is 15.2 Å². The van der Waals surface area contributed by atoms with Gasteiger partial charge in [0.1, 0.15) is 18.1 Å². The molecule has 1 aliphatic carbocycles. The van der Waals surface area contributed by atoms with Gasteiger partial charge in [0.05, 0.1) is 24.6 Å². The van der Waals surface area contributed by atoms with Crippen molar-refractivity contribution in [2.75, 3.05) is 43.5 Å². The molecule has 10 nitrogen and oxygen atoms in total. The van der Waals surface area contributed by atoms with E-state index in [1.165, 1.54) is 30.7 Å². The van der Waals surface area contributed by atoms with Crippen LogP contribution in [0.5, 0.6) is 11.5 Å². The zero-order valence-corrected chi connectivity index (χ0v) is 27.1. The van der Waals surface area contributed by atoms with Crippen molar-refractivity contribution in [3.05, 3.63) is 95.6 Å². The fraction of sp³-hybridized carbons (Fsp3) is 0.342. The topological polar surface area (TPSA) is 152 Å².